The van der Waals surface area contributed by atoms with Gasteiger partial charge in [0.15, 0.2) is 0 Å². The number of aliphatic hydroxyl groups excluding tert-OH is 1. The molecule has 1 heterocycles. The number of rotatable bonds is 2. The summed E-state index contributed by atoms with van der Waals surface area (Å²) in [6, 6.07) is 10.6. The van der Waals surface area contributed by atoms with E-state index < -0.39 is 0 Å². The zero-order valence-electron chi connectivity index (χ0n) is 9.26. The van der Waals surface area contributed by atoms with Crippen LogP contribution in [0, 0.1) is 5.92 Å². The third kappa shape index (κ3) is 2.39. The molecule has 1 aliphatic rings. The molecule has 2 atom stereocenters. The van der Waals surface area contributed by atoms with Gasteiger partial charge in [-0.05, 0) is 31.5 Å². The van der Waals surface area contributed by atoms with Gasteiger partial charge in [-0.15, -0.1) is 0 Å². The van der Waals surface area contributed by atoms with Crippen LogP contribution in [-0.2, 0) is 0 Å². The van der Waals surface area contributed by atoms with E-state index >= 15 is 0 Å². The summed E-state index contributed by atoms with van der Waals surface area (Å²) in [4.78, 5) is 2.31. The second-order valence-electron chi connectivity index (χ2n) is 4.51. The fourth-order valence-corrected chi connectivity index (χ4v) is 2.54. The van der Waals surface area contributed by atoms with Gasteiger partial charge in [0.1, 0.15) is 0 Å². The predicted molar refractivity (Wildman–Crippen MR) is 61.9 cm³/mol. The van der Waals surface area contributed by atoms with Crippen LogP contribution in [0.3, 0.4) is 0 Å². The quantitative estimate of drug-likeness (QED) is 0.794. The first-order chi connectivity index (χ1) is 7.31. The maximum Gasteiger partial charge on any atom is 0.0477 e. The van der Waals surface area contributed by atoms with Crippen molar-refractivity contribution in [1.82, 2.24) is 4.90 Å². The lowest BCUT2D eigenvalue weighted by Gasteiger charge is -2.36. The Bertz CT molecular complexity index is 299. The minimum atomic E-state index is 0.296. The molecule has 0 amide bonds. The van der Waals surface area contributed by atoms with E-state index in [1.165, 1.54) is 5.56 Å². The van der Waals surface area contributed by atoms with Crippen molar-refractivity contribution >= 4 is 0 Å². The van der Waals surface area contributed by atoms with Crippen molar-refractivity contribution in [1.29, 1.82) is 0 Å². The van der Waals surface area contributed by atoms with Gasteiger partial charge in [0, 0.05) is 19.1 Å². The SMILES string of the molecule is CN1CC[C@@H](c2ccccc2)[C@@H](CO)C1. The highest BCUT2D eigenvalue weighted by Gasteiger charge is 2.27. The van der Waals surface area contributed by atoms with Crippen molar-refractivity contribution in [2.45, 2.75) is 12.3 Å². The number of piperidine rings is 1. The van der Waals surface area contributed by atoms with Gasteiger partial charge in [0.05, 0.1) is 0 Å². The highest BCUT2D eigenvalue weighted by atomic mass is 16.3. The smallest absolute Gasteiger partial charge is 0.0477 e. The van der Waals surface area contributed by atoms with E-state index in [0.717, 1.165) is 19.5 Å². The van der Waals surface area contributed by atoms with Crippen LogP contribution in [0.1, 0.15) is 17.9 Å². The first-order valence-electron chi connectivity index (χ1n) is 5.65. The Balaban J connectivity index is 2.14. The standard InChI is InChI=1S/C13H19NO/c1-14-8-7-13(12(9-14)10-15)11-5-3-2-4-6-11/h2-6,12-13,15H,7-10H2,1H3/t12-,13+/m1/s1. The molecule has 0 saturated carbocycles. The molecule has 1 saturated heterocycles. The van der Waals surface area contributed by atoms with Gasteiger partial charge in [-0.25, -0.2) is 0 Å². The van der Waals surface area contributed by atoms with Crippen molar-refractivity contribution in [3.63, 3.8) is 0 Å². The Labute approximate surface area is 91.5 Å². The number of aliphatic hydroxyl groups is 1. The lowest BCUT2D eigenvalue weighted by molar-refractivity contribution is 0.118. The molecule has 1 N–H and O–H groups in total. The summed E-state index contributed by atoms with van der Waals surface area (Å²) in [7, 11) is 2.13. The van der Waals surface area contributed by atoms with Crippen LogP contribution in [0.2, 0.25) is 0 Å². The van der Waals surface area contributed by atoms with E-state index in [0.29, 0.717) is 18.4 Å². The monoisotopic (exact) mass is 205 g/mol. The first-order valence-corrected chi connectivity index (χ1v) is 5.65. The van der Waals surface area contributed by atoms with Gasteiger partial charge in [-0.3, -0.25) is 0 Å². The summed E-state index contributed by atoms with van der Waals surface area (Å²) in [5, 5.41) is 9.41. The Morgan fingerprint density at radius 2 is 2.07 bits per heavy atom. The largest absolute Gasteiger partial charge is 0.396 e. The van der Waals surface area contributed by atoms with Crippen LogP contribution >= 0.6 is 0 Å². The van der Waals surface area contributed by atoms with Crippen LogP contribution < -0.4 is 0 Å². The number of benzene rings is 1. The van der Waals surface area contributed by atoms with Gasteiger partial charge >= 0.3 is 0 Å². The third-order valence-electron chi connectivity index (χ3n) is 3.40. The molecule has 0 bridgehead atoms. The zero-order chi connectivity index (χ0) is 10.7. The molecule has 2 rings (SSSR count). The summed E-state index contributed by atoms with van der Waals surface area (Å²) in [6.45, 7) is 2.44. The van der Waals surface area contributed by atoms with Crippen molar-refractivity contribution < 1.29 is 5.11 Å². The summed E-state index contributed by atoms with van der Waals surface area (Å²) >= 11 is 0. The molecule has 0 radical (unpaired) electrons. The van der Waals surface area contributed by atoms with Crippen molar-refractivity contribution in [3.8, 4) is 0 Å². The maximum atomic E-state index is 9.41. The number of likely N-dealkylation sites (tertiary alicyclic amines) is 1. The molecule has 0 aliphatic carbocycles. The van der Waals surface area contributed by atoms with E-state index in [9.17, 15) is 5.11 Å². The van der Waals surface area contributed by atoms with Crippen LogP contribution in [0.25, 0.3) is 0 Å². The average molecular weight is 205 g/mol. The second-order valence-corrected chi connectivity index (χ2v) is 4.51. The number of hydrogen-bond acceptors (Lipinski definition) is 2. The van der Waals surface area contributed by atoms with Gasteiger partial charge in [0.2, 0.25) is 0 Å². The fraction of sp³-hybridized carbons (Fsp3) is 0.538. The predicted octanol–water partition coefficient (Wildman–Crippen LogP) is 1.71. The van der Waals surface area contributed by atoms with Crippen LogP contribution in [-0.4, -0.2) is 36.8 Å². The molecule has 1 fully saturated rings. The average Bonchev–Trinajstić information content (AvgIpc) is 2.30. The first kappa shape index (κ1) is 10.7. The van der Waals surface area contributed by atoms with Crippen molar-refractivity contribution in [3.05, 3.63) is 35.9 Å². The molecule has 1 aliphatic heterocycles. The van der Waals surface area contributed by atoms with Gasteiger partial charge in [-0.1, -0.05) is 30.3 Å². The summed E-state index contributed by atoms with van der Waals surface area (Å²) < 4.78 is 0. The maximum absolute atomic E-state index is 9.41. The molecular formula is C13H19NO. The van der Waals surface area contributed by atoms with Crippen molar-refractivity contribution in [2.75, 3.05) is 26.7 Å². The molecule has 0 aromatic heterocycles. The molecule has 2 heteroatoms. The van der Waals surface area contributed by atoms with Gasteiger partial charge in [-0.2, -0.15) is 0 Å². The van der Waals surface area contributed by atoms with E-state index in [2.05, 4.69) is 36.2 Å². The lowest BCUT2D eigenvalue weighted by atomic mass is 9.81. The molecule has 1 aromatic rings. The molecule has 1 aromatic carbocycles. The molecule has 2 nitrogen and oxygen atoms in total. The molecular weight excluding hydrogens is 186 g/mol. The topological polar surface area (TPSA) is 23.5 Å². The third-order valence-corrected chi connectivity index (χ3v) is 3.40. The summed E-state index contributed by atoms with van der Waals surface area (Å²) in [5.74, 6) is 0.929. The molecule has 0 unspecified atom stereocenters. The Hall–Kier alpha value is -0.860. The molecule has 15 heavy (non-hydrogen) atoms. The van der Waals surface area contributed by atoms with Crippen LogP contribution in [0.15, 0.2) is 30.3 Å². The van der Waals surface area contributed by atoms with Crippen LogP contribution in [0.4, 0.5) is 0 Å². The Kier molecular flexibility index (Phi) is 3.39. The minimum Gasteiger partial charge on any atom is -0.396 e. The molecule has 82 valence electrons. The lowest BCUT2D eigenvalue weighted by Crippen LogP contribution is -2.38. The van der Waals surface area contributed by atoms with E-state index in [4.69, 9.17) is 0 Å². The Morgan fingerprint density at radius 3 is 2.73 bits per heavy atom. The van der Waals surface area contributed by atoms with Gasteiger partial charge in [0.25, 0.3) is 0 Å². The summed E-state index contributed by atoms with van der Waals surface area (Å²) in [5.41, 5.74) is 1.38. The highest BCUT2D eigenvalue weighted by molar-refractivity contribution is 5.21. The van der Waals surface area contributed by atoms with E-state index in [1.807, 2.05) is 6.07 Å². The Morgan fingerprint density at radius 1 is 1.33 bits per heavy atom. The highest BCUT2D eigenvalue weighted by Crippen LogP contribution is 2.31. The van der Waals surface area contributed by atoms with E-state index in [-0.39, 0.29) is 0 Å². The zero-order valence-corrected chi connectivity index (χ0v) is 9.26. The fourth-order valence-electron chi connectivity index (χ4n) is 2.54. The number of nitrogens with zero attached hydrogens (tertiary/aromatic N) is 1. The van der Waals surface area contributed by atoms with E-state index in [1.54, 1.807) is 0 Å². The second kappa shape index (κ2) is 4.77. The van der Waals surface area contributed by atoms with Crippen LogP contribution in [0.5, 0.6) is 0 Å². The molecule has 0 spiro atoms. The minimum absolute atomic E-state index is 0.296. The van der Waals surface area contributed by atoms with Crippen molar-refractivity contribution in [2.24, 2.45) is 5.92 Å². The number of hydrogen-bond donors (Lipinski definition) is 1. The normalized spacial score (nSPS) is 27.9. The summed E-state index contributed by atoms with van der Waals surface area (Å²) in [6.07, 6.45) is 1.16. The van der Waals surface area contributed by atoms with Gasteiger partial charge < -0.3 is 10.0 Å².